The zero-order valence-electron chi connectivity index (χ0n) is 14.5. The van der Waals surface area contributed by atoms with Crippen molar-refractivity contribution in [3.05, 3.63) is 83.9 Å². The molecule has 0 amide bonds. The molecule has 128 valence electrons. The van der Waals surface area contributed by atoms with Crippen LogP contribution in [-0.2, 0) is 0 Å². The fraction of sp³-hybridized carbons (Fsp3) is 0.0952. The number of rotatable bonds is 3. The zero-order valence-corrected chi connectivity index (χ0v) is 14.5. The van der Waals surface area contributed by atoms with Gasteiger partial charge in [-0.05, 0) is 61.4 Å². The molecular weight excluding hydrogens is 327 g/mol. The summed E-state index contributed by atoms with van der Waals surface area (Å²) in [6.07, 6.45) is 3.40. The van der Waals surface area contributed by atoms with Crippen LogP contribution in [0.5, 0.6) is 0 Å². The average molecular weight is 344 g/mol. The Morgan fingerprint density at radius 2 is 1.73 bits per heavy atom. The first kappa shape index (κ1) is 16.1. The van der Waals surface area contributed by atoms with Crippen LogP contribution in [0.15, 0.2) is 67.0 Å². The second-order valence-corrected chi connectivity index (χ2v) is 6.11. The fourth-order valence-corrected chi connectivity index (χ4v) is 2.92. The molecule has 4 aromatic rings. The third-order valence-corrected chi connectivity index (χ3v) is 4.42. The number of hydrogen-bond acceptors (Lipinski definition) is 4. The molecule has 0 fully saturated rings. The number of benzene rings is 2. The normalized spacial score (nSPS) is 10.9. The predicted octanol–water partition coefficient (Wildman–Crippen LogP) is 5.25. The minimum Gasteiger partial charge on any atom is -0.279 e. The van der Waals surface area contributed by atoms with Crippen LogP contribution in [-0.4, -0.2) is 15.0 Å². The lowest BCUT2D eigenvalue weighted by Crippen LogP contribution is -2.15. The van der Waals surface area contributed by atoms with Crippen LogP contribution in [0, 0.1) is 19.7 Å². The van der Waals surface area contributed by atoms with E-state index in [0.717, 1.165) is 27.8 Å². The van der Waals surface area contributed by atoms with Crippen molar-refractivity contribution in [1.82, 2.24) is 15.0 Å². The van der Waals surface area contributed by atoms with E-state index in [0.29, 0.717) is 11.6 Å². The molecule has 26 heavy (non-hydrogen) atoms. The Kier molecular flexibility index (Phi) is 4.05. The first-order valence-corrected chi connectivity index (χ1v) is 8.33. The average Bonchev–Trinajstić information content (AvgIpc) is 2.65. The predicted molar refractivity (Wildman–Crippen MR) is 101 cm³/mol. The van der Waals surface area contributed by atoms with Crippen LogP contribution in [0.3, 0.4) is 0 Å². The minimum absolute atomic E-state index is 0.305. The minimum atomic E-state index is -0.305. The first-order valence-electron chi connectivity index (χ1n) is 8.33. The van der Waals surface area contributed by atoms with Crippen LogP contribution in [0.2, 0.25) is 0 Å². The maximum absolute atomic E-state index is 13.9. The van der Waals surface area contributed by atoms with Crippen LogP contribution < -0.4 is 4.90 Å². The molecule has 5 heteroatoms. The Morgan fingerprint density at radius 1 is 0.885 bits per heavy atom. The van der Waals surface area contributed by atoms with Gasteiger partial charge in [0.2, 0.25) is 5.95 Å². The van der Waals surface area contributed by atoms with Gasteiger partial charge >= 0.3 is 0 Å². The Morgan fingerprint density at radius 3 is 2.58 bits per heavy atom. The van der Waals surface area contributed by atoms with Crippen molar-refractivity contribution in [2.75, 3.05) is 4.90 Å². The van der Waals surface area contributed by atoms with Gasteiger partial charge in [-0.25, -0.2) is 14.4 Å². The second-order valence-electron chi connectivity index (χ2n) is 6.11. The highest BCUT2D eigenvalue weighted by molar-refractivity contribution is 5.79. The van der Waals surface area contributed by atoms with Gasteiger partial charge in [0.25, 0.3) is 0 Å². The summed E-state index contributed by atoms with van der Waals surface area (Å²) < 4.78 is 13.9. The van der Waals surface area contributed by atoms with Crippen molar-refractivity contribution in [2.45, 2.75) is 13.8 Å². The molecule has 0 aliphatic rings. The van der Waals surface area contributed by atoms with Crippen LogP contribution >= 0.6 is 0 Å². The summed E-state index contributed by atoms with van der Waals surface area (Å²) in [5.41, 5.74) is 5.28. The molecule has 0 unspecified atom stereocenters. The molecule has 0 aliphatic carbocycles. The number of anilines is 3. The largest absolute Gasteiger partial charge is 0.279 e. The molecule has 0 spiro atoms. The van der Waals surface area contributed by atoms with Gasteiger partial charge in [0.1, 0.15) is 11.3 Å². The Bertz CT molecular complexity index is 1090. The zero-order chi connectivity index (χ0) is 18.1. The Hall–Kier alpha value is -3.34. The number of hydrogen-bond donors (Lipinski definition) is 0. The van der Waals surface area contributed by atoms with Crippen LogP contribution in [0.25, 0.3) is 11.0 Å². The van der Waals surface area contributed by atoms with E-state index in [4.69, 9.17) is 0 Å². The third-order valence-electron chi connectivity index (χ3n) is 4.42. The lowest BCUT2D eigenvalue weighted by molar-refractivity contribution is 0.628. The van der Waals surface area contributed by atoms with Crippen molar-refractivity contribution < 1.29 is 4.39 Å². The Balaban J connectivity index is 1.96. The summed E-state index contributed by atoms with van der Waals surface area (Å²) in [5, 5.41) is 0. The molecule has 0 aliphatic heterocycles. The summed E-state index contributed by atoms with van der Waals surface area (Å²) in [4.78, 5) is 15.3. The number of aromatic nitrogens is 3. The van der Waals surface area contributed by atoms with E-state index in [2.05, 4.69) is 15.0 Å². The highest BCUT2D eigenvalue weighted by Gasteiger charge is 2.18. The lowest BCUT2D eigenvalue weighted by atomic mass is 10.1. The van der Waals surface area contributed by atoms with Gasteiger partial charge in [-0.3, -0.25) is 9.88 Å². The van der Waals surface area contributed by atoms with E-state index in [-0.39, 0.29) is 5.82 Å². The summed E-state index contributed by atoms with van der Waals surface area (Å²) >= 11 is 0. The molecule has 0 saturated heterocycles. The lowest BCUT2D eigenvalue weighted by Gasteiger charge is -2.25. The van der Waals surface area contributed by atoms with Crippen molar-refractivity contribution in [3.8, 4) is 0 Å². The van der Waals surface area contributed by atoms with Gasteiger partial charge in [0, 0.05) is 6.20 Å². The first-order chi connectivity index (χ1) is 12.6. The summed E-state index contributed by atoms with van der Waals surface area (Å²) in [6, 6.07) is 16.2. The second kappa shape index (κ2) is 6.52. The van der Waals surface area contributed by atoms with E-state index in [1.54, 1.807) is 18.5 Å². The van der Waals surface area contributed by atoms with E-state index in [1.165, 1.54) is 12.1 Å². The molecular formula is C21H17FN4. The van der Waals surface area contributed by atoms with Crippen LogP contribution in [0.1, 0.15) is 11.1 Å². The number of nitrogens with zero attached hydrogens (tertiary/aromatic N) is 4. The Labute approximate surface area is 151 Å². The van der Waals surface area contributed by atoms with Gasteiger partial charge < -0.3 is 0 Å². The molecule has 0 bridgehead atoms. The maximum Gasteiger partial charge on any atom is 0.235 e. The quantitative estimate of drug-likeness (QED) is 0.509. The van der Waals surface area contributed by atoms with Gasteiger partial charge in [-0.2, -0.15) is 0 Å². The summed E-state index contributed by atoms with van der Waals surface area (Å²) in [5.74, 6) is 0.171. The van der Waals surface area contributed by atoms with Gasteiger partial charge in [0.15, 0.2) is 0 Å². The van der Waals surface area contributed by atoms with Crippen molar-refractivity contribution in [2.24, 2.45) is 0 Å². The standard InChI is InChI=1S/C21H17FN4/c1-14-6-3-10-20(15(14)2)26(17-8-4-7-16(22)12-17)21-24-13-19-18(25-21)9-5-11-23-19/h3-13H,1-2H3. The number of fused-ring (bicyclic) bond motifs is 1. The molecule has 4 nitrogen and oxygen atoms in total. The molecule has 0 saturated carbocycles. The number of halogens is 1. The molecule has 2 aromatic carbocycles. The molecule has 0 radical (unpaired) electrons. The summed E-state index contributed by atoms with van der Waals surface area (Å²) in [6.45, 7) is 4.09. The van der Waals surface area contributed by atoms with Gasteiger partial charge in [0.05, 0.1) is 23.1 Å². The topological polar surface area (TPSA) is 41.9 Å². The maximum atomic E-state index is 13.9. The van der Waals surface area contributed by atoms with E-state index < -0.39 is 0 Å². The van der Waals surface area contributed by atoms with E-state index >= 15 is 0 Å². The molecule has 4 rings (SSSR count). The molecule has 2 aromatic heterocycles. The SMILES string of the molecule is Cc1cccc(N(c2cccc(F)c2)c2ncc3ncccc3n2)c1C. The molecule has 0 atom stereocenters. The fourth-order valence-electron chi connectivity index (χ4n) is 2.92. The number of aryl methyl sites for hydroxylation is 1. The monoisotopic (exact) mass is 344 g/mol. The summed E-state index contributed by atoms with van der Waals surface area (Å²) in [7, 11) is 0. The van der Waals surface area contributed by atoms with Crippen molar-refractivity contribution in [1.29, 1.82) is 0 Å². The van der Waals surface area contributed by atoms with Crippen molar-refractivity contribution in [3.63, 3.8) is 0 Å². The highest BCUT2D eigenvalue weighted by Crippen LogP contribution is 2.35. The van der Waals surface area contributed by atoms with Gasteiger partial charge in [-0.15, -0.1) is 0 Å². The number of pyridine rings is 1. The third kappa shape index (κ3) is 2.88. The molecule has 2 heterocycles. The molecule has 0 N–H and O–H groups in total. The van der Waals surface area contributed by atoms with Gasteiger partial charge in [-0.1, -0.05) is 18.2 Å². The smallest absolute Gasteiger partial charge is 0.235 e. The van der Waals surface area contributed by atoms with E-state index in [1.807, 2.05) is 55.1 Å². The van der Waals surface area contributed by atoms with Crippen molar-refractivity contribution >= 4 is 28.4 Å². The highest BCUT2D eigenvalue weighted by atomic mass is 19.1. The van der Waals surface area contributed by atoms with Crippen LogP contribution in [0.4, 0.5) is 21.7 Å². The van der Waals surface area contributed by atoms with E-state index in [9.17, 15) is 4.39 Å².